The predicted octanol–water partition coefficient (Wildman–Crippen LogP) is 3.46. The van der Waals surface area contributed by atoms with Crippen LogP contribution in [-0.2, 0) is 11.8 Å². The standard InChI is InChI=1S/C13H15N7O2.C11H17NO2.H2/c1-8-16-17-11(9-5-6-19(2)18-9)20(8)10-12(21-3)14-7-15-13(10)22-4;1-8(2)11(14-4)10-6-5-9(13-3)7-12-10;/h5-7H,1-4H3;5-8,11H,1-4H3;1H/t;11-;/m.0./s1. The Kier molecular flexibility index (Phi) is 8.90. The molecule has 0 fully saturated rings. The molecular weight excluding hydrogens is 464 g/mol. The molecule has 36 heavy (non-hydrogen) atoms. The molecule has 0 amide bonds. The summed E-state index contributed by atoms with van der Waals surface area (Å²) in [5.74, 6) is 3.13. The van der Waals surface area contributed by atoms with Gasteiger partial charge in [-0.1, -0.05) is 13.8 Å². The SMILES string of the molecule is COc1ccc([C@@H](OC)C(C)C)nc1.COc1ncnc(OC)c1-n1c(C)nnc1-c1ccn(C)n1.[HH]. The van der Waals surface area contributed by atoms with Crippen molar-refractivity contribution in [3.8, 4) is 34.7 Å². The van der Waals surface area contributed by atoms with Crippen LogP contribution in [-0.4, -0.2) is 67.9 Å². The predicted molar refractivity (Wildman–Crippen MR) is 134 cm³/mol. The summed E-state index contributed by atoms with van der Waals surface area (Å²) in [6, 6.07) is 5.69. The van der Waals surface area contributed by atoms with Gasteiger partial charge in [0.2, 0.25) is 11.8 Å². The second-order valence-corrected chi connectivity index (χ2v) is 8.04. The highest BCUT2D eigenvalue weighted by molar-refractivity contribution is 5.59. The van der Waals surface area contributed by atoms with Crippen LogP contribution in [0.2, 0.25) is 0 Å². The molecule has 194 valence electrons. The summed E-state index contributed by atoms with van der Waals surface area (Å²) in [4.78, 5) is 12.5. The van der Waals surface area contributed by atoms with Crippen molar-refractivity contribution in [3.63, 3.8) is 0 Å². The molecule has 0 radical (unpaired) electrons. The number of hydrogen-bond acceptors (Lipinski definition) is 10. The van der Waals surface area contributed by atoms with Gasteiger partial charge >= 0.3 is 0 Å². The lowest BCUT2D eigenvalue weighted by atomic mass is 10.0. The van der Waals surface area contributed by atoms with E-state index in [2.05, 4.69) is 44.1 Å². The van der Waals surface area contributed by atoms with Gasteiger partial charge in [-0.25, -0.2) is 0 Å². The minimum absolute atomic E-state index is 0. The molecule has 4 heterocycles. The molecule has 0 saturated carbocycles. The third kappa shape index (κ3) is 5.77. The molecule has 4 aromatic rings. The van der Waals surface area contributed by atoms with Gasteiger partial charge in [0.05, 0.1) is 33.2 Å². The van der Waals surface area contributed by atoms with E-state index in [4.69, 9.17) is 18.9 Å². The Hall–Kier alpha value is -4.06. The van der Waals surface area contributed by atoms with E-state index in [1.165, 1.54) is 20.5 Å². The monoisotopic (exact) mass is 498 g/mol. The summed E-state index contributed by atoms with van der Waals surface area (Å²) in [5.41, 5.74) is 2.16. The summed E-state index contributed by atoms with van der Waals surface area (Å²) >= 11 is 0. The fraction of sp³-hybridized carbons (Fsp3) is 0.417. The van der Waals surface area contributed by atoms with E-state index in [0.717, 1.165) is 11.4 Å². The summed E-state index contributed by atoms with van der Waals surface area (Å²) < 4.78 is 24.5. The fourth-order valence-corrected chi connectivity index (χ4v) is 3.58. The smallest absolute Gasteiger partial charge is 0.245 e. The number of pyridine rings is 1. The summed E-state index contributed by atoms with van der Waals surface area (Å²) in [5, 5.41) is 12.7. The Morgan fingerprint density at radius 3 is 2.06 bits per heavy atom. The Morgan fingerprint density at radius 1 is 0.889 bits per heavy atom. The first-order valence-corrected chi connectivity index (χ1v) is 11.2. The second kappa shape index (κ2) is 12.1. The number of rotatable bonds is 8. The van der Waals surface area contributed by atoms with E-state index < -0.39 is 0 Å². The van der Waals surface area contributed by atoms with E-state index in [1.54, 1.807) is 29.7 Å². The molecule has 12 heteroatoms. The minimum atomic E-state index is 0. The van der Waals surface area contributed by atoms with Gasteiger partial charge in [-0.3, -0.25) is 14.2 Å². The van der Waals surface area contributed by atoms with Gasteiger partial charge in [-0.05, 0) is 31.0 Å². The Balaban J connectivity index is 0.000000280. The van der Waals surface area contributed by atoms with Crippen molar-refractivity contribution in [1.29, 1.82) is 0 Å². The van der Waals surface area contributed by atoms with Crippen LogP contribution >= 0.6 is 0 Å². The van der Waals surface area contributed by atoms with E-state index in [0.29, 0.717) is 40.7 Å². The molecule has 0 aromatic carbocycles. The number of aromatic nitrogens is 8. The molecule has 0 unspecified atom stereocenters. The average Bonchev–Trinajstić information content (AvgIpc) is 3.49. The molecule has 0 bridgehead atoms. The summed E-state index contributed by atoms with van der Waals surface area (Å²) in [6.07, 6.45) is 4.98. The van der Waals surface area contributed by atoms with Crippen molar-refractivity contribution in [3.05, 3.63) is 48.4 Å². The van der Waals surface area contributed by atoms with Crippen LogP contribution in [0.25, 0.3) is 17.2 Å². The second-order valence-electron chi connectivity index (χ2n) is 8.04. The zero-order valence-corrected chi connectivity index (χ0v) is 21.8. The van der Waals surface area contributed by atoms with Crippen LogP contribution in [0.4, 0.5) is 0 Å². The molecule has 4 aromatic heterocycles. The lowest BCUT2D eigenvalue weighted by Crippen LogP contribution is -2.10. The first-order valence-electron chi connectivity index (χ1n) is 11.2. The lowest BCUT2D eigenvalue weighted by Gasteiger charge is -2.18. The van der Waals surface area contributed by atoms with Gasteiger partial charge in [0.25, 0.3) is 0 Å². The van der Waals surface area contributed by atoms with E-state index in [1.807, 2.05) is 38.4 Å². The molecular formula is C24H34N8O4. The number of nitrogens with zero attached hydrogens (tertiary/aromatic N) is 8. The van der Waals surface area contributed by atoms with Crippen molar-refractivity contribution >= 4 is 0 Å². The molecule has 1 atom stereocenters. The molecule has 0 saturated heterocycles. The zero-order chi connectivity index (χ0) is 26.2. The quantitative estimate of drug-likeness (QED) is 0.357. The lowest BCUT2D eigenvalue weighted by molar-refractivity contribution is 0.0611. The van der Waals surface area contributed by atoms with Crippen LogP contribution in [0.1, 0.15) is 32.9 Å². The van der Waals surface area contributed by atoms with Crippen LogP contribution in [0.5, 0.6) is 17.5 Å². The summed E-state index contributed by atoms with van der Waals surface area (Å²) in [6.45, 7) is 6.05. The topological polar surface area (TPSA) is 124 Å². The number of hydrogen-bond donors (Lipinski definition) is 0. The first kappa shape index (κ1) is 26.5. The first-order chi connectivity index (χ1) is 17.3. The molecule has 0 aliphatic rings. The van der Waals surface area contributed by atoms with Gasteiger partial charge in [-0.15, -0.1) is 10.2 Å². The molecule has 4 rings (SSSR count). The number of ether oxygens (including phenoxy) is 4. The maximum Gasteiger partial charge on any atom is 0.245 e. The van der Waals surface area contributed by atoms with Crippen LogP contribution in [0.3, 0.4) is 0 Å². The molecule has 0 aliphatic carbocycles. The molecule has 0 aliphatic heterocycles. The Bertz CT molecular complexity index is 1240. The molecule has 0 N–H and O–H groups in total. The van der Waals surface area contributed by atoms with Crippen molar-refractivity contribution in [2.75, 3.05) is 28.4 Å². The number of aryl methyl sites for hydroxylation is 2. The largest absolute Gasteiger partial charge is 0.495 e. The maximum absolute atomic E-state index is 5.37. The van der Waals surface area contributed by atoms with Gasteiger partial charge in [0.1, 0.15) is 29.7 Å². The van der Waals surface area contributed by atoms with Crippen molar-refractivity contribution in [2.24, 2.45) is 13.0 Å². The van der Waals surface area contributed by atoms with Crippen molar-refractivity contribution in [2.45, 2.75) is 26.9 Å². The fourth-order valence-electron chi connectivity index (χ4n) is 3.58. The normalized spacial score (nSPS) is 11.6. The van der Waals surface area contributed by atoms with E-state index in [9.17, 15) is 0 Å². The highest BCUT2D eigenvalue weighted by Crippen LogP contribution is 2.32. The maximum atomic E-state index is 5.37. The highest BCUT2D eigenvalue weighted by atomic mass is 16.5. The Labute approximate surface area is 211 Å². The van der Waals surface area contributed by atoms with Gasteiger partial charge in [-0.2, -0.15) is 15.1 Å². The zero-order valence-electron chi connectivity index (χ0n) is 21.8. The van der Waals surface area contributed by atoms with Crippen molar-refractivity contribution in [1.82, 2.24) is 39.5 Å². The van der Waals surface area contributed by atoms with Gasteiger partial charge < -0.3 is 18.9 Å². The number of methoxy groups -OCH3 is 4. The van der Waals surface area contributed by atoms with E-state index in [-0.39, 0.29) is 7.53 Å². The molecule has 12 nitrogen and oxygen atoms in total. The van der Waals surface area contributed by atoms with Crippen LogP contribution < -0.4 is 14.2 Å². The van der Waals surface area contributed by atoms with E-state index >= 15 is 0 Å². The third-order valence-electron chi connectivity index (χ3n) is 5.28. The Morgan fingerprint density at radius 2 is 1.58 bits per heavy atom. The van der Waals surface area contributed by atoms with Crippen molar-refractivity contribution < 1.29 is 20.4 Å². The molecule has 0 spiro atoms. The third-order valence-corrected chi connectivity index (χ3v) is 5.28. The highest BCUT2D eigenvalue weighted by Gasteiger charge is 2.23. The van der Waals surface area contributed by atoms with Crippen LogP contribution in [0, 0.1) is 12.8 Å². The van der Waals surface area contributed by atoms with Gasteiger partial charge in [0, 0.05) is 21.8 Å². The average molecular weight is 499 g/mol. The van der Waals surface area contributed by atoms with Crippen LogP contribution in [0.15, 0.2) is 36.9 Å². The van der Waals surface area contributed by atoms with Gasteiger partial charge in [0.15, 0.2) is 11.5 Å². The minimum Gasteiger partial charge on any atom is -0.495 e. The summed E-state index contributed by atoms with van der Waals surface area (Å²) in [7, 11) is 8.24.